The van der Waals surface area contributed by atoms with E-state index in [9.17, 15) is 4.79 Å². The number of methoxy groups -OCH3 is 1. The summed E-state index contributed by atoms with van der Waals surface area (Å²) < 4.78 is 7.96. The van der Waals surface area contributed by atoms with Gasteiger partial charge in [0.05, 0.1) is 30.6 Å². The number of hydrogen-bond acceptors (Lipinski definition) is 6. The highest BCUT2D eigenvalue weighted by Crippen LogP contribution is 2.31. The molecule has 4 rings (SSSR count). The lowest BCUT2D eigenvalue weighted by molar-refractivity contribution is 0.416. The van der Waals surface area contributed by atoms with E-state index in [1.165, 1.54) is 20.7 Å². The summed E-state index contributed by atoms with van der Waals surface area (Å²) in [5.74, 6) is 0.764. The second-order valence-corrected chi connectivity index (χ2v) is 6.37. The van der Waals surface area contributed by atoms with Crippen molar-refractivity contribution < 1.29 is 4.74 Å². The fourth-order valence-corrected chi connectivity index (χ4v) is 3.42. The number of tetrazole rings is 1. The maximum absolute atomic E-state index is 12.5. The summed E-state index contributed by atoms with van der Waals surface area (Å²) >= 11 is 1.50. The van der Waals surface area contributed by atoms with Gasteiger partial charge in [-0.05, 0) is 34.7 Å². The molecule has 0 aliphatic carbocycles. The van der Waals surface area contributed by atoms with Crippen LogP contribution in [0.4, 0.5) is 0 Å². The molecule has 130 valence electrons. The van der Waals surface area contributed by atoms with Crippen LogP contribution in [0.3, 0.4) is 0 Å². The maximum atomic E-state index is 12.5. The van der Waals surface area contributed by atoms with Gasteiger partial charge in [-0.15, -0.1) is 11.3 Å². The van der Waals surface area contributed by atoms with E-state index in [2.05, 4.69) is 15.4 Å². The van der Waals surface area contributed by atoms with Crippen LogP contribution in [0.1, 0.15) is 5.69 Å². The van der Waals surface area contributed by atoms with Gasteiger partial charge in [-0.3, -0.25) is 0 Å². The predicted octanol–water partition coefficient (Wildman–Crippen LogP) is 2.61. The summed E-state index contributed by atoms with van der Waals surface area (Å²) in [5, 5.41) is 10.7. The van der Waals surface area contributed by atoms with Crippen LogP contribution in [0.5, 0.6) is 5.75 Å². The van der Waals surface area contributed by atoms with Gasteiger partial charge in [-0.1, -0.05) is 30.3 Å². The standard InChI is InChI=1S/C18H15N5O2S/c1-25-16-10-6-5-9-15(16)17-19-13(12-26-17)11-22-18(24)23(21-20-22)14-7-3-2-4-8-14/h2-10,12H,11H2,1H3. The summed E-state index contributed by atoms with van der Waals surface area (Å²) in [5.41, 5.74) is 2.05. The molecule has 0 atom stereocenters. The van der Waals surface area contributed by atoms with Crippen molar-refractivity contribution >= 4 is 11.3 Å². The second-order valence-electron chi connectivity index (χ2n) is 5.51. The van der Waals surface area contributed by atoms with Crippen LogP contribution < -0.4 is 10.4 Å². The molecule has 0 spiro atoms. The number of nitrogens with zero attached hydrogens (tertiary/aromatic N) is 5. The highest BCUT2D eigenvalue weighted by molar-refractivity contribution is 7.13. The van der Waals surface area contributed by atoms with Crippen LogP contribution in [-0.2, 0) is 6.54 Å². The van der Waals surface area contributed by atoms with E-state index in [1.54, 1.807) is 7.11 Å². The topological polar surface area (TPSA) is 74.8 Å². The Hall–Kier alpha value is -3.26. The summed E-state index contributed by atoms with van der Waals surface area (Å²) in [6, 6.07) is 16.9. The lowest BCUT2D eigenvalue weighted by Crippen LogP contribution is -2.24. The van der Waals surface area contributed by atoms with Gasteiger partial charge in [0.1, 0.15) is 10.8 Å². The Morgan fingerprint density at radius 1 is 1.04 bits per heavy atom. The Morgan fingerprint density at radius 3 is 2.62 bits per heavy atom. The van der Waals surface area contributed by atoms with Crippen LogP contribution in [-0.4, -0.2) is 31.9 Å². The molecule has 2 heterocycles. The Labute approximate surface area is 153 Å². The molecule has 0 radical (unpaired) electrons. The fourth-order valence-electron chi connectivity index (χ4n) is 2.58. The van der Waals surface area contributed by atoms with Crippen molar-refractivity contribution in [2.45, 2.75) is 6.54 Å². The molecular weight excluding hydrogens is 350 g/mol. The van der Waals surface area contributed by atoms with Gasteiger partial charge in [0.25, 0.3) is 0 Å². The van der Waals surface area contributed by atoms with Crippen molar-refractivity contribution in [2.75, 3.05) is 7.11 Å². The van der Waals surface area contributed by atoms with E-state index in [0.717, 1.165) is 22.0 Å². The zero-order chi connectivity index (χ0) is 17.9. The monoisotopic (exact) mass is 365 g/mol. The normalized spacial score (nSPS) is 10.8. The number of ether oxygens (including phenoxy) is 1. The van der Waals surface area contributed by atoms with Crippen LogP contribution in [0.2, 0.25) is 0 Å². The molecule has 7 nitrogen and oxygen atoms in total. The minimum absolute atomic E-state index is 0.261. The Kier molecular flexibility index (Phi) is 4.32. The zero-order valence-electron chi connectivity index (χ0n) is 13.9. The first kappa shape index (κ1) is 16.2. The van der Waals surface area contributed by atoms with Crippen molar-refractivity contribution in [1.82, 2.24) is 24.8 Å². The van der Waals surface area contributed by atoms with Gasteiger partial charge >= 0.3 is 5.69 Å². The van der Waals surface area contributed by atoms with E-state index in [4.69, 9.17) is 4.74 Å². The highest BCUT2D eigenvalue weighted by Gasteiger charge is 2.13. The molecular formula is C18H15N5O2S. The lowest BCUT2D eigenvalue weighted by Gasteiger charge is -2.04. The first-order chi connectivity index (χ1) is 12.8. The molecule has 0 saturated carbocycles. The molecule has 0 amide bonds. The highest BCUT2D eigenvalue weighted by atomic mass is 32.1. The lowest BCUT2D eigenvalue weighted by atomic mass is 10.2. The smallest absolute Gasteiger partial charge is 0.368 e. The largest absolute Gasteiger partial charge is 0.496 e. The van der Waals surface area contributed by atoms with E-state index in [-0.39, 0.29) is 12.2 Å². The summed E-state index contributed by atoms with van der Waals surface area (Å²) in [6.45, 7) is 0.261. The average Bonchev–Trinajstić information content (AvgIpc) is 3.30. The molecule has 0 aliphatic rings. The van der Waals surface area contributed by atoms with Gasteiger partial charge < -0.3 is 4.74 Å². The van der Waals surface area contributed by atoms with Gasteiger partial charge in [0.15, 0.2) is 0 Å². The fraction of sp³-hybridized carbons (Fsp3) is 0.111. The number of hydrogen-bond donors (Lipinski definition) is 0. The number of para-hydroxylation sites is 2. The Bertz CT molecular complexity index is 1080. The molecule has 0 bridgehead atoms. The third kappa shape index (κ3) is 3.02. The Balaban J connectivity index is 1.61. The zero-order valence-corrected chi connectivity index (χ0v) is 14.8. The van der Waals surface area contributed by atoms with Gasteiger partial charge in [0, 0.05) is 5.38 Å². The molecule has 0 N–H and O–H groups in total. The molecule has 0 saturated heterocycles. The number of aromatic nitrogens is 5. The molecule has 26 heavy (non-hydrogen) atoms. The van der Waals surface area contributed by atoms with Crippen molar-refractivity contribution in [1.29, 1.82) is 0 Å². The van der Waals surface area contributed by atoms with Gasteiger partial charge in [-0.25, -0.2) is 9.78 Å². The number of rotatable bonds is 5. The summed E-state index contributed by atoms with van der Waals surface area (Å²) in [6.07, 6.45) is 0. The maximum Gasteiger partial charge on any atom is 0.368 e. The predicted molar refractivity (Wildman–Crippen MR) is 98.8 cm³/mol. The molecule has 8 heteroatoms. The van der Waals surface area contributed by atoms with E-state index < -0.39 is 0 Å². The first-order valence-corrected chi connectivity index (χ1v) is 8.80. The van der Waals surface area contributed by atoms with Crippen molar-refractivity contribution in [3.8, 4) is 22.0 Å². The van der Waals surface area contributed by atoms with Crippen LogP contribution in [0, 0.1) is 0 Å². The molecule has 0 unspecified atom stereocenters. The third-order valence-electron chi connectivity index (χ3n) is 3.84. The third-order valence-corrected chi connectivity index (χ3v) is 4.77. The Morgan fingerprint density at radius 2 is 1.81 bits per heavy atom. The first-order valence-electron chi connectivity index (χ1n) is 7.92. The SMILES string of the molecule is COc1ccccc1-c1nc(Cn2nnn(-c3ccccc3)c2=O)cs1. The number of benzene rings is 2. The van der Waals surface area contributed by atoms with Crippen molar-refractivity contribution in [2.24, 2.45) is 0 Å². The minimum atomic E-state index is -0.303. The minimum Gasteiger partial charge on any atom is -0.496 e. The summed E-state index contributed by atoms with van der Waals surface area (Å²) in [7, 11) is 1.63. The van der Waals surface area contributed by atoms with Crippen molar-refractivity contribution in [3.63, 3.8) is 0 Å². The van der Waals surface area contributed by atoms with Gasteiger partial charge in [-0.2, -0.15) is 9.36 Å². The second kappa shape index (κ2) is 6.93. The molecule has 0 aliphatic heterocycles. The summed E-state index contributed by atoms with van der Waals surface area (Å²) in [4.78, 5) is 17.1. The van der Waals surface area contributed by atoms with Crippen LogP contribution >= 0.6 is 11.3 Å². The average molecular weight is 365 g/mol. The molecule has 2 aromatic heterocycles. The molecule has 4 aromatic rings. The molecule has 0 fully saturated rings. The van der Waals surface area contributed by atoms with Crippen molar-refractivity contribution in [3.05, 3.63) is 76.2 Å². The van der Waals surface area contributed by atoms with E-state index in [0.29, 0.717) is 5.69 Å². The van der Waals surface area contributed by atoms with Crippen LogP contribution in [0.25, 0.3) is 16.3 Å². The quantitative estimate of drug-likeness (QED) is 0.543. The molecule has 2 aromatic carbocycles. The van der Waals surface area contributed by atoms with E-state index in [1.807, 2.05) is 60.0 Å². The van der Waals surface area contributed by atoms with E-state index >= 15 is 0 Å². The van der Waals surface area contributed by atoms with Gasteiger partial charge in [0.2, 0.25) is 0 Å². The van der Waals surface area contributed by atoms with Crippen LogP contribution in [0.15, 0.2) is 64.8 Å². The number of thiazole rings is 1.